The molecule has 0 aliphatic rings. The summed E-state index contributed by atoms with van der Waals surface area (Å²) in [6, 6.07) is 21.0. The molecule has 0 amide bonds. The standard InChI is InChI=1S/C24H17N5O/c30-24-20-10-4-5-11-21(20)26-22(27-24)13-12-18-16-29(19-8-2-1-3-9-19)28-23(18)17-7-6-14-25-15-17/h1-16H,(H,26,27,30). The maximum atomic E-state index is 12.3. The minimum absolute atomic E-state index is 0.160. The number of rotatable bonds is 4. The minimum atomic E-state index is -0.160. The number of para-hydroxylation sites is 2. The molecule has 2 aromatic carbocycles. The second-order valence-electron chi connectivity index (χ2n) is 6.76. The van der Waals surface area contributed by atoms with Crippen LogP contribution in [0.3, 0.4) is 0 Å². The molecule has 0 fully saturated rings. The molecule has 0 saturated carbocycles. The first-order chi connectivity index (χ1) is 14.8. The van der Waals surface area contributed by atoms with Crippen LogP contribution in [0.1, 0.15) is 11.4 Å². The highest BCUT2D eigenvalue weighted by Gasteiger charge is 2.11. The molecular weight excluding hydrogens is 374 g/mol. The minimum Gasteiger partial charge on any atom is -0.306 e. The molecule has 6 nitrogen and oxygen atoms in total. The molecule has 5 aromatic rings. The third-order valence-corrected chi connectivity index (χ3v) is 4.75. The Labute approximate surface area is 172 Å². The van der Waals surface area contributed by atoms with Gasteiger partial charge in [-0.1, -0.05) is 30.3 Å². The van der Waals surface area contributed by atoms with Crippen molar-refractivity contribution < 1.29 is 0 Å². The van der Waals surface area contributed by atoms with Crippen molar-refractivity contribution in [2.75, 3.05) is 0 Å². The number of hydrogen-bond acceptors (Lipinski definition) is 4. The van der Waals surface area contributed by atoms with Crippen molar-refractivity contribution >= 4 is 23.1 Å². The van der Waals surface area contributed by atoms with Crippen LogP contribution in [0, 0.1) is 0 Å². The molecule has 30 heavy (non-hydrogen) atoms. The van der Waals surface area contributed by atoms with Crippen molar-refractivity contribution in [1.29, 1.82) is 0 Å². The molecule has 0 unspecified atom stereocenters. The van der Waals surface area contributed by atoms with E-state index in [9.17, 15) is 4.79 Å². The molecule has 0 aliphatic carbocycles. The molecule has 0 atom stereocenters. The van der Waals surface area contributed by atoms with Gasteiger partial charge in [-0.15, -0.1) is 0 Å². The smallest absolute Gasteiger partial charge is 0.259 e. The highest BCUT2D eigenvalue weighted by molar-refractivity contribution is 5.81. The lowest BCUT2D eigenvalue weighted by molar-refractivity contribution is 0.884. The first-order valence-electron chi connectivity index (χ1n) is 9.50. The maximum absolute atomic E-state index is 12.3. The molecule has 3 heterocycles. The van der Waals surface area contributed by atoms with E-state index in [0.717, 1.165) is 22.5 Å². The molecule has 0 aliphatic heterocycles. The van der Waals surface area contributed by atoms with Gasteiger partial charge in [-0.05, 0) is 48.6 Å². The zero-order valence-electron chi connectivity index (χ0n) is 15.9. The first-order valence-corrected chi connectivity index (χ1v) is 9.50. The fourth-order valence-electron chi connectivity index (χ4n) is 3.30. The number of benzene rings is 2. The lowest BCUT2D eigenvalue weighted by Gasteiger charge is -2.00. The second-order valence-corrected chi connectivity index (χ2v) is 6.76. The number of nitrogens with zero attached hydrogens (tertiary/aromatic N) is 4. The number of aromatic nitrogens is 5. The second kappa shape index (κ2) is 7.60. The van der Waals surface area contributed by atoms with Gasteiger partial charge in [0.2, 0.25) is 0 Å². The van der Waals surface area contributed by atoms with E-state index in [1.165, 1.54) is 0 Å². The van der Waals surface area contributed by atoms with Crippen LogP contribution in [0.15, 0.2) is 90.1 Å². The van der Waals surface area contributed by atoms with Crippen molar-refractivity contribution in [2.45, 2.75) is 0 Å². The Kier molecular flexibility index (Phi) is 4.50. The van der Waals surface area contributed by atoms with E-state index < -0.39 is 0 Å². The molecule has 5 rings (SSSR count). The number of fused-ring (bicyclic) bond motifs is 1. The van der Waals surface area contributed by atoms with Gasteiger partial charge in [0.1, 0.15) is 11.5 Å². The van der Waals surface area contributed by atoms with Crippen LogP contribution >= 0.6 is 0 Å². The number of hydrogen-bond donors (Lipinski definition) is 1. The van der Waals surface area contributed by atoms with Gasteiger partial charge in [-0.3, -0.25) is 9.78 Å². The van der Waals surface area contributed by atoms with E-state index >= 15 is 0 Å². The number of nitrogens with one attached hydrogen (secondary N) is 1. The van der Waals surface area contributed by atoms with Gasteiger partial charge in [0.25, 0.3) is 5.56 Å². The molecule has 0 radical (unpaired) electrons. The highest BCUT2D eigenvalue weighted by Crippen LogP contribution is 2.24. The van der Waals surface area contributed by atoms with Crippen LogP contribution in [0.2, 0.25) is 0 Å². The molecule has 3 aromatic heterocycles. The van der Waals surface area contributed by atoms with E-state index in [1.807, 2.05) is 77.6 Å². The summed E-state index contributed by atoms with van der Waals surface area (Å²) >= 11 is 0. The third-order valence-electron chi connectivity index (χ3n) is 4.75. The van der Waals surface area contributed by atoms with Gasteiger partial charge in [0, 0.05) is 29.7 Å². The van der Waals surface area contributed by atoms with Crippen LogP contribution in [0.5, 0.6) is 0 Å². The molecule has 0 bridgehead atoms. The summed E-state index contributed by atoms with van der Waals surface area (Å²) in [5.41, 5.74) is 4.06. The Balaban J connectivity index is 1.60. The van der Waals surface area contributed by atoms with Crippen molar-refractivity contribution in [1.82, 2.24) is 24.7 Å². The van der Waals surface area contributed by atoms with Gasteiger partial charge in [0.05, 0.1) is 16.6 Å². The fourth-order valence-corrected chi connectivity index (χ4v) is 3.30. The van der Waals surface area contributed by atoms with E-state index in [0.29, 0.717) is 16.7 Å². The topological polar surface area (TPSA) is 76.5 Å². The molecule has 1 N–H and O–H groups in total. The fraction of sp³-hybridized carbons (Fsp3) is 0. The lowest BCUT2D eigenvalue weighted by atomic mass is 10.1. The average Bonchev–Trinajstić information content (AvgIpc) is 3.23. The molecule has 0 spiro atoms. The van der Waals surface area contributed by atoms with Crippen LogP contribution in [-0.4, -0.2) is 24.7 Å². The van der Waals surface area contributed by atoms with Gasteiger partial charge in [0.15, 0.2) is 0 Å². The Morgan fingerprint density at radius 1 is 0.900 bits per heavy atom. The summed E-state index contributed by atoms with van der Waals surface area (Å²) < 4.78 is 1.83. The van der Waals surface area contributed by atoms with Crippen molar-refractivity contribution in [2.24, 2.45) is 0 Å². The van der Waals surface area contributed by atoms with E-state index in [1.54, 1.807) is 24.5 Å². The van der Waals surface area contributed by atoms with Crippen molar-refractivity contribution in [3.05, 3.63) is 107 Å². The summed E-state index contributed by atoms with van der Waals surface area (Å²) in [5, 5.41) is 5.34. The summed E-state index contributed by atoms with van der Waals surface area (Å²) in [5.74, 6) is 0.489. The zero-order chi connectivity index (χ0) is 20.3. The van der Waals surface area contributed by atoms with Crippen LogP contribution < -0.4 is 5.56 Å². The van der Waals surface area contributed by atoms with Crippen LogP contribution in [0.25, 0.3) is 40.0 Å². The Morgan fingerprint density at radius 2 is 1.73 bits per heavy atom. The van der Waals surface area contributed by atoms with Crippen LogP contribution in [0.4, 0.5) is 0 Å². The summed E-state index contributed by atoms with van der Waals surface area (Å²) in [6.45, 7) is 0. The van der Waals surface area contributed by atoms with Crippen molar-refractivity contribution in [3.63, 3.8) is 0 Å². The predicted molar refractivity (Wildman–Crippen MR) is 118 cm³/mol. The zero-order valence-corrected chi connectivity index (χ0v) is 15.9. The van der Waals surface area contributed by atoms with E-state index in [-0.39, 0.29) is 5.56 Å². The van der Waals surface area contributed by atoms with E-state index in [2.05, 4.69) is 15.0 Å². The summed E-state index contributed by atoms with van der Waals surface area (Å²) in [6.07, 6.45) is 9.16. The normalized spacial score (nSPS) is 11.3. The molecular formula is C24H17N5O. The van der Waals surface area contributed by atoms with Gasteiger partial charge >= 0.3 is 0 Å². The number of pyridine rings is 1. The lowest BCUT2D eigenvalue weighted by Crippen LogP contribution is -2.09. The quantitative estimate of drug-likeness (QED) is 0.494. The number of aromatic amines is 1. The molecule has 6 heteroatoms. The first kappa shape index (κ1) is 17.8. The predicted octanol–water partition coefficient (Wildman–Crippen LogP) is 4.34. The third kappa shape index (κ3) is 3.42. The van der Waals surface area contributed by atoms with E-state index in [4.69, 9.17) is 5.10 Å². The van der Waals surface area contributed by atoms with Gasteiger partial charge in [-0.2, -0.15) is 5.10 Å². The Morgan fingerprint density at radius 3 is 2.57 bits per heavy atom. The van der Waals surface area contributed by atoms with Crippen molar-refractivity contribution in [3.8, 4) is 16.9 Å². The summed E-state index contributed by atoms with van der Waals surface area (Å²) in [7, 11) is 0. The van der Waals surface area contributed by atoms with Crippen LogP contribution in [-0.2, 0) is 0 Å². The summed E-state index contributed by atoms with van der Waals surface area (Å²) in [4.78, 5) is 23.9. The van der Waals surface area contributed by atoms with Gasteiger partial charge < -0.3 is 4.98 Å². The van der Waals surface area contributed by atoms with Gasteiger partial charge in [-0.25, -0.2) is 9.67 Å². The number of H-pyrrole nitrogens is 1. The Hall–Kier alpha value is -4.32. The SMILES string of the molecule is O=c1[nH]c(C=Cc2cn(-c3ccccc3)nc2-c2cccnc2)nc2ccccc12. The average molecular weight is 391 g/mol. The largest absolute Gasteiger partial charge is 0.306 e. The Bertz CT molecular complexity index is 1400. The monoisotopic (exact) mass is 391 g/mol. The molecule has 0 saturated heterocycles. The molecule has 144 valence electrons. The maximum Gasteiger partial charge on any atom is 0.259 e. The highest BCUT2D eigenvalue weighted by atomic mass is 16.1.